The van der Waals surface area contributed by atoms with Crippen molar-refractivity contribution in [3.63, 3.8) is 0 Å². The number of nitrogens with zero attached hydrogens (tertiary/aromatic N) is 2. The Bertz CT molecular complexity index is 445. The molecule has 1 aromatic rings. The summed E-state index contributed by atoms with van der Waals surface area (Å²) >= 11 is 1.49. The summed E-state index contributed by atoms with van der Waals surface area (Å²) in [6, 6.07) is 3.18. The highest BCUT2D eigenvalue weighted by molar-refractivity contribution is 7.09. The van der Waals surface area contributed by atoms with Crippen LogP contribution in [0.4, 0.5) is 4.79 Å². The van der Waals surface area contributed by atoms with Crippen molar-refractivity contribution in [2.24, 2.45) is 5.73 Å². The Kier molecular flexibility index (Phi) is 5.31. The molecule has 8 heteroatoms. The molecule has 19 heavy (non-hydrogen) atoms. The number of aliphatic carboxylic acids is 1. The summed E-state index contributed by atoms with van der Waals surface area (Å²) in [4.78, 5) is 36.8. The molecular formula is C11H15N3O4S. The van der Waals surface area contributed by atoms with E-state index in [1.54, 1.807) is 0 Å². The van der Waals surface area contributed by atoms with Gasteiger partial charge in [0.1, 0.15) is 13.1 Å². The summed E-state index contributed by atoms with van der Waals surface area (Å²) in [6.07, 6.45) is 0. The predicted octanol–water partition coefficient (Wildman–Crippen LogP) is 0.172. The third-order valence-corrected chi connectivity index (χ3v) is 3.10. The van der Waals surface area contributed by atoms with Gasteiger partial charge >= 0.3 is 12.0 Å². The van der Waals surface area contributed by atoms with Crippen LogP contribution in [-0.4, -0.2) is 53.0 Å². The summed E-state index contributed by atoms with van der Waals surface area (Å²) < 4.78 is 0. The lowest BCUT2D eigenvalue weighted by Crippen LogP contribution is -2.47. The van der Waals surface area contributed by atoms with Crippen LogP contribution in [-0.2, 0) is 16.1 Å². The second-order valence-corrected chi connectivity index (χ2v) is 4.97. The first-order valence-electron chi connectivity index (χ1n) is 5.42. The van der Waals surface area contributed by atoms with Crippen LogP contribution >= 0.6 is 11.3 Å². The molecule has 3 amide bonds. The van der Waals surface area contributed by atoms with Crippen molar-refractivity contribution in [2.75, 3.05) is 20.1 Å². The zero-order chi connectivity index (χ0) is 14.4. The minimum atomic E-state index is -1.20. The summed E-state index contributed by atoms with van der Waals surface area (Å²) in [5, 5.41) is 10.6. The first kappa shape index (κ1) is 15.0. The second-order valence-electron chi connectivity index (χ2n) is 3.93. The Morgan fingerprint density at radius 1 is 1.37 bits per heavy atom. The molecule has 0 spiro atoms. The van der Waals surface area contributed by atoms with Crippen LogP contribution in [0.3, 0.4) is 0 Å². The Morgan fingerprint density at radius 2 is 2.05 bits per heavy atom. The summed E-state index contributed by atoms with van der Waals surface area (Å²) in [6.45, 7) is -0.623. The minimum absolute atomic E-state index is 0.353. The fourth-order valence-corrected chi connectivity index (χ4v) is 2.25. The van der Waals surface area contributed by atoms with Crippen LogP contribution < -0.4 is 5.73 Å². The van der Waals surface area contributed by atoms with Crippen molar-refractivity contribution < 1.29 is 19.5 Å². The number of rotatable bonds is 6. The van der Waals surface area contributed by atoms with Gasteiger partial charge in [0.15, 0.2) is 0 Å². The van der Waals surface area contributed by atoms with E-state index in [4.69, 9.17) is 10.8 Å². The molecule has 0 fully saturated rings. The van der Waals surface area contributed by atoms with Gasteiger partial charge in [0, 0.05) is 11.9 Å². The van der Waals surface area contributed by atoms with E-state index in [1.807, 2.05) is 17.5 Å². The standard InChI is InChI=1S/C11H15N3O4S/c1-13(5-8-3-2-4-19-8)11(18)14(6-9(12)15)7-10(16)17/h2-4H,5-7H2,1H3,(H2,12,15)(H,16,17). The van der Waals surface area contributed by atoms with Crippen molar-refractivity contribution >= 4 is 29.2 Å². The fraction of sp³-hybridized carbons (Fsp3) is 0.364. The lowest BCUT2D eigenvalue weighted by molar-refractivity contribution is -0.138. The van der Waals surface area contributed by atoms with Gasteiger partial charge in [0.05, 0.1) is 6.54 Å². The number of hydrogen-bond acceptors (Lipinski definition) is 4. The number of nitrogens with two attached hydrogens (primary N) is 1. The fourth-order valence-electron chi connectivity index (χ4n) is 1.49. The number of thiophene rings is 1. The smallest absolute Gasteiger partial charge is 0.323 e. The van der Waals surface area contributed by atoms with E-state index in [-0.39, 0.29) is 0 Å². The van der Waals surface area contributed by atoms with Gasteiger partial charge in [-0.2, -0.15) is 0 Å². The highest BCUT2D eigenvalue weighted by Gasteiger charge is 2.22. The highest BCUT2D eigenvalue weighted by Crippen LogP contribution is 2.12. The maximum absolute atomic E-state index is 12.0. The van der Waals surface area contributed by atoms with E-state index in [0.717, 1.165) is 9.78 Å². The summed E-state index contributed by atoms with van der Waals surface area (Å²) in [5.41, 5.74) is 5.00. The maximum atomic E-state index is 12.0. The Balaban J connectivity index is 2.68. The molecule has 0 saturated heterocycles. The lowest BCUT2D eigenvalue weighted by Gasteiger charge is -2.25. The van der Waals surface area contributed by atoms with E-state index in [1.165, 1.54) is 23.3 Å². The molecule has 0 aromatic carbocycles. The van der Waals surface area contributed by atoms with E-state index < -0.39 is 31.0 Å². The molecule has 3 N–H and O–H groups in total. The van der Waals surface area contributed by atoms with E-state index >= 15 is 0 Å². The van der Waals surface area contributed by atoms with Gasteiger partial charge in [0.2, 0.25) is 5.91 Å². The molecule has 0 aliphatic rings. The van der Waals surface area contributed by atoms with Crippen LogP contribution in [0.15, 0.2) is 17.5 Å². The van der Waals surface area contributed by atoms with Crippen molar-refractivity contribution in [3.05, 3.63) is 22.4 Å². The number of hydrogen-bond donors (Lipinski definition) is 2. The van der Waals surface area contributed by atoms with Gasteiger partial charge < -0.3 is 20.6 Å². The van der Waals surface area contributed by atoms with Crippen molar-refractivity contribution in [2.45, 2.75) is 6.54 Å². The molecule has 1 heterocycles. The molecule has 1 rings (SSSR count). The average molecular weight is 285 g/mol. The second kappa shape index (κ2) is 6.74. The van der Waals surface area contributed by atoms with Gasteiger partial charge in [-0.15, -0.1) is 11.3 Å². The topological polar surface area (TPSA) is 104 Å². The molecule has 0 saturated carbocycles. The van der Waals surface area contributed by atoms with E-state index in [0.29, 0.717) is 6.54 Å². The third-order valence-electron chi connectivity index (χ3n) is 2.24. The van der Waals surface area contributed by atoms with Crippen LogP contribution in [0.2, 0.25) is 0 Å². The maximum Gasteiger partial charge on any atom is 0.323 e. The monoisotopic (exact) mass is 285 g/mol. The SMILES string of the molecule is CN(Cc1cccs1)C(=O)N(CC(N)=O)CC(=O)O. The zero-order valence-electron chi connectivity index (χ0n) is 10.4. The number of carboxylic acids is 1. The van der Waals surface area contributed by atoms with E-state index in [2.05, 4.69) is 0 Å². The van der Waals surface area contributed by atoms with Gasteiger partial charge in [-0.05, 0) is 11.4 Å². The quantitative estimate of drug-likeness (QED) is 0.777. The normalized spacial score (nSPS) is 9.95. The summed E-state index contributed by atoms with van der Waals surface area (Å²) in [7, 11) is 1.54. The number of carbonyl (C=O) groups is 3. The number of urea groups is 1. The van der Waals surface area contributed by atoms with Crippen molar-refractivity contribution in [1.29, 1.82) is 0 Å². The molecule has 0 bridgehead atoms. The Labute approximate surface area is 114 Å². The molecule has 0 radical (unpaired) electrons. The zero-order valence-corrected chi connectivity index (χ0v) is 11.2. The van der Waals surface area contributed by atoms with Crippen LogP contribution in [0.5, 0.6) is 0 Å². The Hall–Kier alpha value is -2.09. The van der Waals surface area contributed by atoms with E-state index in [9.17, 15) is 14.4 Å². The van der Waals surface area contributed by atoms with Crippen LogP contribution in [0.25, 0.3) is 0 Å². The molecule has 0 aliphatic heterocycles. The van der Waals surface area contributed by atoms with Crippen LogP contribution in [0, 0.1) is 0 Å². The predicted molar refractivity (Wildman–Crippen MR) is 69.6 cm³/mol. The lowest BCUT2D eigenvalue weighted by atomic mass is 10.4. The van der Waals surface area contributed by atoms with Crippen molar-refractivity contribution in [1.82, 2.24) is 9.80 Å². The molecular weight excluding hydrogens is 270 g/mol. The number of primary amides is 1. The first-order chi connectivity index (χ1) is 8.90. The first-order valence-corrected chi connectivity index (χ1v) is 6.30. The van der Waals surface area contributed by atoms with Crippen LogP contribution in [0.1, 0.15) is 4.88 Å². The number of carboxylic acid groups (broad SMARTS) is 1. The number of carbonyl (C=O) groups excluding carboxylic acids is 2. The number of amides is 3. The van der Waals surface area contributed by atoms with Crippen molar-refractivity contribution in [3.8, 4) is 0 Å². The van der Waals surface area contributed by atoms with Gasteiger partial charge in [-0.1, -0.05) is 6.07 Å². The van der Waals surface area contributed by atoms with Gasteiger partial charge in [-0.3, -0.25) is 9.59 Å². The summed E-state index contributed by atoms with van der Waals surface area (Å²) in [5.74, 6) is -1.95. The average Bonchev–Trinajstić information content (AvgIpc) is 2.78. The third kappa shape index (κ3) is 4.96. The highest BCUT2D eigenvalue weighted by atomic mass is 32.1. The largest absolute Gasteiger partial charge is 0.480 e. The molecule has 0 atom stereocenters. The van der Waals surface area contributed by atoms with Gasteiger partial charge in [-0.25, -0.2) is 4.79 Å². The molecule has 0 unspecified atom stereocenters. The Morgan fingerprint density at radius 3 is 2.53 bits per heavy atom. The molecule has 104 valence electrons. The molecule has 1 aromatic heterocycles. The van der Waals surface area contributed by atoms with Gasteiger partial charge in [0.25, 0.3) is 0 Å². The minimum Gasteiger partial charge on any atom is -0.480 e. The molecule has 7 nitrogen and oxygen atoms in total. The molecule has 0 aliphatic carbocycles.